The fourth-order valence-corrected chi connectivity index (χ4v) is 1.86. The van der Waals surface area contributed by atoms with Crippen LogP contribution in [0.15, 0.2) is 0 Å². The molecule has 5 heteroatoms. The zero-order chi connectivity index (χ0) is 13.9. The van der Waals surface area contributed by atoms with Gasteiger partial charge >= 0.3 is 6.03 Å². The largest absolute Gasteiger partial charge is 0.337 e. The number of rotatable bonds is 2. The third kappa shape index (κ3) is 4.20. The van der Waals surface area contributed by atoms with Gasteiger partial charge in [0.05, 0.1) is 0 Å². The van der Waals surface area contributed by atoms with Gasteiger partial charge in [-0.3, -0.25) is 4.79 Å². The van der Waals surface area contributed by atoms with Gasteiger partial charge in [0.1, 0.15) is 6.54 Å². The van der Waals surface area contributed by atoms with Gasteiger partial charge in [-0.2, -0.15) is 0 Å². The second kappa shape index (κ2) is 5.59. The number of piperazine rings is 1. The van der Waals surface area contributed by atoms with Crippen molar-refractivity contribution in [2.24, 2.45) is 5.41 Å². The van der Waals surface area contributed by atoms with E-state index in [0.717, 1.165) is 0 Å². The average molecular weight is 255 g/mol. The van der Waals surface area contributed by atoms with Gasteiger partial charge in [-0.15, -0.1) is 0 Å². The highest BCUT2D eigenvalue weighted by Gasteiger charge is 2.28. The van der Waals surface area contributed by atoms with E-state index in [4.69, 9.17) is 0 Å². The Morgan fingerprint density at radius 1 is 1.33 bits per heavy atom. The van der Waals surface area contributed by atoms with Gasteiger partial charge in [0.2, 0.25) is 5.91 Å². The summed E-state index contributed by atoms with van der Waals surface area (Å²) in [5.41, 5.74) is 0.0550. The van der Waals surface area contributed by atoms with Gasteiger partial charge in [0.15, 0.2) is 0 Å². The van der Waals surface area contributed by atoms with Crippen molar-refractivity contribution in [1.82, 2.24) is 15.1 Å². The minimum atomic E-state index is -0.137. The quantitative estimate of drug-likeness (QED) is 0.808. The van der Waals surface area contributed by atoms with Gasteiger partial charge in [0.25, 0.3) is 0 Å². The van der Waals surface area contributed by atoms with Gasteiger partial charge in [-0.25, -0.2) is 4.79 Å². The molecule has 0 unspecified atom stereocenters. The van der Waals surface area contributed by atoms with E-state index < -0.39 is 0 Å². The minimum Gasteiger partial charge on any atom is -0.337 e. The van der Waals surface area contributed by atoms with Crippen molar-refractivity contribution in [1.29, 1.82) is 0 Å². The molecule has 0 aromatic rings. The van der Waals surface area contributed by atoms with E-state index in [1.54, 1.807) is 4.90 Å². The smallest absolute Gasteiger partial charge is 0.317 e. The normalized spacial score (nSPS) is 17.3. The fourth-order valence-electron chi connectivity index (χ4n) is 1.86. The van der Waals surface area contributed by atoms with Crippen LogP contribution in [0.2, 0.25) is 0 Å². The van der Waals surface area contributed by atoms with Crippen molar-refractivity contribution >= 4 is 11.9 Å². The molecule has 0 saturated carbocycles. The van der Waals surface area contributed by atoms with E-state index in [1.165, 1.54) is 0 Å². The maximum Gasteiger partial charge on any atom is 0.317 e. The van der Waals surface area contributed by atoms with E-state index >= 15 is 0 Å². The number of hydrogen-bond acceptors (Lipinski definition) is 2. The summed E-state index contributed by atoms with van der Waals surface area (Å²) in [7, 11) is 0. The van der Waals surface area contributed by atoms with Crippen LogP contribution in [-0.4, -0.2) is 54.0 Å². The van der Waals surface area contributed by atoms with Crippen molar-refractivity contribution in [2.75, 3.05) is 26.2 Å². The number of carbonyl (C=O) groups excluding carboxylic acids is 2. The third-order valence-corrected chi connectivity index (χ3v) is 2.94. The molecule has 1 saturated heterocycles. The van der Waals surface area contributed by atoms with Crippen LogP contribution in [0.1, 0.15) is 34.6 Å². The third-order valence-electron chi connectivity index (χ3n) is 2.94. The summed E-state index contributed by atoms with van der Waals surface area (Å²) in [4.78, 5) is 27.2. The molecule has 1 fully saturated rings. The Balaban J connectivity index is 2.46. The van der Waals surface area contributed by atoms with Crippen LogP contribution in [0.3, 0.4) is 0 Å². The molecule has 1 aliphatic rings. The van der Waals surface area contributed by atoms with Crippen molar-refractivity contribution in [3.63, 3.8) is 0 Å². The number of carbonyl (C=O) groups is 2. The molecule has 1 rings (SSSR count). The highest BCUT2D eigenvalue weighted by Crippen LogP contribution is 2.11. The summed E-state index contributed by atoms with van der Waals surface area (Å²) in [5, 5.41) is 2.87. The topological polar surface area (TPSA) is 52.6 Å². The Morgan fingerprint density at radius 3 is 2.39 bits per heavy atom. The summed E-state index contributed by atoms with van der Waals surface area (Å²) in [6.07, 6.45) is 0. The van der Waals surface area contributed by atoms with Crippen LogP contribution in [0.5, 0.6) is 0 Å². The zero-order valence-electron chi connectivity index (χ0n) is 12.1. The molecule has 5 nitrogen and oxygen atoms in total. The van der Waals surface area contributed by atoms with Crippen LogP contribution in [0, 0.1) is 5.41 Å². The molecule has 0 aromatic heterocycles. The summed E-state index contributed by atoms with van der Waals surface area (Å²) < 4.78 is 0. The Labute approximate surface area is 110 Å². The minimum absolute atomic E-state index is 0.0298. The molecular weight excluding hydrogens is 230 g/mol. The number of nitrogens with one attached hydrogen (secondary N) is 1. The molecule has 0 bridgehead atoms. The van der Waals surface area contributed by atoms with E-state index in [9.17, 15) is 9.59 Å². The predicted octanol–water partition coefficient (Wildman–Crippen LogP) is 1.29. The zero-order valence-corrected chi connectivity index (χ0v) is 12.1. The van der Waals surface area contributed by atoms with Crippen molar-refractivity contribution in [2.45, 2.75) is 40.7 Å². The average Bonchev–Trinajstić information content (AvgIpc) is 2.24. The molecule has 1 heterocycles. The molecule has 0 radical (unpaired) electrons. The molecule has 1 aliphatic heterocycles. The number of urea groups is 1. The standard InChI is InChI=1S/C13H25N3O2/c1-10(2)16-7-6-15(8-11(16)17)12(18)14-9-13(3,4)5/h10H,6-9H2,1-5H3,(H,14,18). The Kier molecular flexibility index (Phi) is 4.59. The fraction of sp³-hybridized carbons (Fsp3) is 0.846. The molecule has 0 aromatic carbocycles. The molecule has 0 aliphatic carbocycles. The lowest BCUT2D eigenvalue weighted by atomic mass is 9.97. The summed E-state index contributed by atoms with van der Waals surface area (Å²) in [6, 6.07) is 0.0685. The maximum absolute atomic E-state index is 11.9. The monoisotopic (exact) mass is 255 g/mol. The molecular formula is C13H25N3O2. The lowest BCUT2D eigenvalue weighted by Crippen LogP contribution is -2.56. The number of hydrogen-bond donors (Lipinski definition) is 1. The summed E-state index contributed by atoms with van der Waals surface area (Å²) >= 11 is 0. The lowest BCUT2D eigenvalue weighted by Gasteiger charge is -2.37. The van der Waals surface area contributed by atoms with Crippen LogP contribution in [0.25, 0.3) is 0 Å². The van der Waals surface area contributed by atoms with Crippen molar-refractivity contribution < 1.29 is 9.59 Å². The first kappa shape index (κ1) is 14.8. The van der Waals surface area contributed by atoms with Gasteiger partial charge in [-0.05, 0) is 19.3 Å². The van der Waals surface area contributed by atoms with Crippen LogP contribution in [-0.2, 0) is 4.79 Å². The Bertz CT molecular complexity index is 321. The van der Waals surface area contributed by atoms with E-state index in [-0.39, 0.29) is 29.9 Å². The first-order chi connectivity index (χ1) is 8.20. The number of amides is 3. The van der Waals surface area contributed by atoms with E-state index in [2.05, 4.69) is 26.1 Å². The second-order valence-electron chi connectivity index (χ2n) is 6.32. The SMILES string of the molecule is CC(C)N1CCN(C(=O)NCC(C)(C)C)CC1=O. The van der Waals surface area contributed by atoms with Gasteiger partial charge < -0.3 is 15.1 Å². The van der Waals surface area contributed by atoms with E-state index in [0.29, 0.717) is 19.6 Å². The van der Waals surface area contributed by atoms with Crippen molar-refractivity contribution in [3.8, 4) is 0 Å². The highest BCUT2D eigenvalue weighted by atomic mass is 16.2. The Morgan fingerprint density at radius 2 is 1.94 bits per heavy atom. The second-order valence-corrected chi connectivity index (χ2v) is 6.32. The molecule has 104 valence electrons. The predicted molar refractivity (Wildman–Crippen MR) is 71.3 cm³/mol. The number of nitrogens with zero attached hydrogens (tertiary/aromatic N) is 2. The lowest BCUT2D eigenvalue weighted by molar-refractivity contribution is -0.136. The van der Waals surface area contributed by atoms with Gasteiger partial charge in [0, 0.05) is 25.7 Å². The van der Waals surface area contributed by atoms with Crippen molar-refractivity contribution in [3.05, 3.63) is 0 Å². The van der Waals surface area contributed by atoms with Crippen LogP contribution < -0.4 is 5.32 Å². The highest BCUT2D eigenvalue weighted by molar-refractivity contribution is 5.85. The molecule has 1 N–H and O–H groups in total. The van der Waals surface area contributed by atoms with Gasteiger partial charge in [-0.1, -0.05) is 20.8 Å². The molecule has 0 atom stereocenters. The van der Waals surface area contributed by atoms with Crippen LogP contribution >= 0.6 is 0 Å². The molecule has 18 heavy (non-hydrogen) atoms. The van der Waals surface area contributed by atoms with Crippen LogP contribution in [0.4, 0.5) is 4.79 Å². The first-order valence-corrected chi connectivity index (χ1v) is 6.53. The summed E-state index contributed by atoms with van der Waals surface area (Å²) in [5.74, 6) is 0.0298. The Hall–Kier alpha value is -1.26. The summed E-state index contributed by atoms with van der Waals surface area (Å²) in [6.45, 7) is 12.2. The van der Waals surface area contributed by atoms with E-state index in [1.807, 2.05) is 18.7 Å². The maximum atomic E-state index is 11.9. The molecule has 0 spiro atoms. The first-order valence-electron chi connectivity index (χ1n) is 6.53. The molecule has 3 amide bonds.